The van der Waals surface area contributed by atoms with Crippen molar-refractivity contribution in [3.63, 3.8) is 0 Å². The summed E-state index contributed by atoms with van der Waals surface area (Å²) in [6, 6.07) is 9.16. The van der Waals surface area contributed by atoms with Crippen LogP contribution in [-0.4, -0.2) is 18.2 Å². The van der Waals surface area contributed by atoms with Crippen LogP contribution in [0.5, 0.6) is 0 Å². The number of halogens is 1. The van der Waals surface area contributed by atoms with Crippen molar-refractivity contribution in [2.45, 2.75) is 13.3 Å². The van der Waals surface area contributed by atoms with Crippen molar-refractivity contribution >= 4 is 40.3 Å². The predicted molar refractivity (Wildman–Crippen MR) is 81.1 cm³/mol. The van der Waals surface area contributed by atoms with Crippen LogP contribution in [0.25, 0.3) is 0 Å². The Morgan fingerprint density at radius 1 is 1.35 bits per heavy atom. The van der Waals surface area contributed by atoms with Gasteiger partial charge in [0, 0.05) is 18.5 Å². The van der Waals surface area contributed by atoms with Gasteiger partial charge in [-0.1, -0.05) is 29.8 Å². The van der Waals surface area contributed by atoms with Crippen molar-refractivity contribution < 1.29 is 9.59 Å². The largest absolute Gasteiger partial charge is 0.306 e. The summed E-state index contributed by atoms with van der Waals surface area (Å²) in [5, 5.41) is 0. The fourth-order valence-corrected chi connectivity index (χ4v) is 3.56. The standard InChI is InChI=1S/C15H12ClNO2S/c1-9-4-2-3-5-10(9)15(19)17-7-6-12(18)14-11(17)8-13(16)20-14/h2-5,8H,6-7H2,1H3. The van der Waals surface area contributed by atoms with E-state index in [1.165, 1.54) is 11.3 Å². The Morgan fingerprint density at radius 2 is 2.10 bits per heavy atom. The molecule has 2 aromatic rings. The van der Waals surface area contributed by atoms with E-state index in [0.717, 1.165) is 5.56 Å². The minimum Gasteiger partial charge on any atom is -0.306 e. The first-order valence-corrected chi connectivity index (χ1v) is 7.47. The summed E-state index contributed by atoms with van der Waals surface area (Å²) in [6.07, 6.45) is 0.349. The molecular formula is C15H12ClNO2S. The predicted octanol–water partition coefficient (Wildman–Crippen LogP) is 3.94. The molecule has 3 rings (SSSR count). The van der Waals surface area contributed by atoms with Crippen LogP contribution in [0.3, 0.4) is 0 Å². The van der Waals surface area contributed by atoms with Gasteiger partial charge in [0.05, 0.1) is 14.9 Å². The number of aryl methyl sites for hydroxylation is 1. The molecule has 1 aliphatic rings. The molecule has 0 unspecified atom stereocenters. The number of hydrogen-bond donors (Lipinski definition) is 0. The molecule has 0 saturated heterocycles. The summed E-state index contributed by atoms with van der Waals surface area (Å²) in [7, 11) is 0. The van der Waals surface area contributed by atoms with Gasteiger partial charge in [0.25, 0.3) is 5.91 Å². The maximum atomic E-state index is 12.7. The van der Waals surface area contributed by atoms with E-state index in [1.807, 2.05) is 31.2 Å². The molecule has 0 bridgehead atoms. The number of benzene rings is 1. The molecule has 0 atom stereocenters. The van der Waals surface area contributed by atoms with Gasteiger partial charge in [-0.15, -0.1) is 11.3 Å². The van der Waals surface area contributed by atoms with Crippen LogP contribution in [0.1, 0.15) is 32.0 Å². The number of carbonyl (C=O) groups excluding carboxylic acids is 2. The minimum atomic E-state index is -0.0775. The molecule has 1 aliphatic heterocycles. The maximum absolute atomic E-state index is 12.7. The average Bonchev–Trinajstić information content (AvgIpc) is 2.81. The highest BCUT2D eigenvalue weighted by Crippen LogP contribution is 2.38. The first-order chi connectivity index (χ1) is 9.58. The van der Waals surface area contributed by atoms with Crippen LogP contribution in [0.2, 0.25) is 4.34 Å². The molecule has 0 saturated carbocycles. The molecule has 102 valence electrons. The average molecular weight is 306 g/mol. The van der Waals surface area contributed by atoms with Crippen molar-refractivity contribution in [2.24, 2.45) is 0 Å². The van der Waals surface area contributed by atoms with Gasteiger partial charge in [-0.25, -0.2) is 0 Å². The first-order valence-electron chi connectivity index (χ1n) is 6.28. The lowest BCUT2D eigenvalue weighted by Crippen LogP contribution is -2.36. The van der Waals surface area contributed by atoms with Crippen molar-refractivity contribution in [3.05, 3.63) is 50.7 Å². The number of rotatable bonds is 1. The molecule has 0 spiro atoms. The summed E-state index contributed by atoms with van der Waals surface area (Å²) in [5.41, 5.74) is 2.23. The second-order valence-electron chi connectivity index (χ2n) is 4.71. The number of anilines is 1. The number of fused-ring (bicyclic) bond motifs is 1. The van der Waals surface area contributed by atoms with Crippen LogP contribution in [0.4, 0.5) is 5.69 Å². The molecule has 5 heteroatoms. The van der Waals surface area contributed by atoms with Gasteiger partial charge in [0.15, 0.2) is 5.78 Å². The fourth-order valence-electron chi connectivity index (χ4n) is 2.37. The van der Waals surface area contributed by atoms with Crippen LogP contribution >= 0.6 is 22.9 Å². The molecule has 20 heavy (non-hydrogen) atoms. The Bertz CT molecular complexity index is 708. The number of nitrogens with zero attached hydrogens (tertiary/aromatic N) is 1. The van der Waals surface area contributed by atoms with E-state index in [9.17, 15) is 9.59 Å². The smallest absolute Gasteiger partial charge is 0.258 e. The summed E-state index contributed by atoms with van der Waals surface area (Å²) >= 11 is 7.23. The monoisotopic (exact) mass is 305 g/mol. The molecular weight excluding hydrogens is 294 g/mol. The van der Waals surface area contributed by atoms with Crippen molar-refractivity contribution in [1.29, 1.82) is 0 Å². The number of amides is 1. The van der Waals surface area contributed by atoms with Crippen molar-refractivity contribution in [3.8, 4) is 0 Å². The van der Waals surface area contributed by atoms with Gasteiger partial charge in [0.1, 0.15) is 0 Å². The normalized spacial score (nSPS) is 14.3. The Hall–Kier alpha value is -1.65. The van der Waals surface area contributed by atoms with E-state index in [2.05, 4.69) is 0 Å². The highest BCUT2D eigenvalue weighted by Gasteiger charge is 2.30. The molecule has 0 N–H and O–H groups in total. The Labute approximate surface area is 125 Å². The zero-order valence-electron chi connectivity index (χ0n) is 10.9. The summed E-state index contributed by atoms with van der Waals surface area (Å²) in [6.45, 7) is 2.32. The molecule has 0 fully saturated rings. The molecule has 1 amide bonds. The van der Waals surface area contributed by atoms with Gasteiger partial charge in [-0.2, -0.15) is 0 Å². The fraction of sp³-hybridized carbons (Fsp3) is 0.200. The highest BCUT2D eigenvalue weighted by molar-refractivity contribution is 7.18. The van der Waals surface area contributed by atoms with E-state index >= 15 is 0 Å². The first kappa shape index (κ1) is 13.3. The number of hydrogen-bond acceptors (Lipinski definition) is 3. The topological polar surface area (TPSA) is 37.4 Å². The third-order valence-electron chi connectivity index (χ3n) is 3.41. The quantitative estimate of drug-likeness (QED) is 0.800. The van der Waals surface area contributed by atoms with Crippen molar-refractivity contribution in [2.75, 3.05) is 11.4 Å². The van der Waals surface area contributed by atoms with Crippen LogP contribution in [0, 0.1) is 6.92 Å². The summed E-state index contributed by atoms with van der Waals surface area (Å²) in [5.74, 6) is -0.0166. The lowest BCUT2D eigenvalue weighted by Gasteiger charge is -2.26. The van der Waals surface area contributed by atoms with E-state index in [0.29, 0.717) is 33.4 Å². The lowest BCUT2D eigenvalue weighted by atomic mass is 10.0. The van der Waals surface area contributed by atoms with E-state index in [4.69, 9.17) is 11.6 Å². The second-order valence-corrected chi connectivity index (χ2v) is 6.39. The summed E-state index contributed by atoms with van der Waals surface area (Å²) < 4.78 is 0.535. The van der Waals surface area contributed by atoms with Gasteiger partial charge < -0.3 is 4.90 Å². The molecule has 1 aromatic carbocycles. The third kappa shape index (κ3) is 2.15. The molecule has 1 aromatic heterocycles. The molecule has 0 aliphatic carbocycles. The van der Waals surface area contributed by atoms with Crippen LogP contribution in [-0.2, 0) is 0 Å². The lowest BCUT2D eigenvalue weighted by molar-refractivity contribution is 0.0958. The number of ketones is 1. The molecule has 0 radical (unpaired) electrons. The van der Waals surface area contributed by atoms with Crippen LogP contribution < -0.4 is 4.90 Å². The van der Waals surface area contributed by atoms with Crippen LogP contribution in [0.15, 0.2) is 30.3 Å². The van der Waals surface area contributed by atoms with E-state index in [1.54, 1.807) is 11.0 Å². The number of carbonyl (C=O) groups is 2. The SMILES string of the molecule is Cc1ccccc1C(=O)N1CCC(=O)c2sc(Cl)cc21. The van der Waals surface area contributed by atoms with Gasteiger partial charge in [0.2, 0.25) is 0 Å². The number of thiophene rings is 1. The minimum absolute atomic E-state index is 0.0609. The third-order valence-corrected chi connectivity index (χ3v) is 4.70. The second kappa shape index (κ2) is 5.04. The Morgan fingerprint density at radius 3 is 2.85 bits per heavy atom. The number of Topliss-reactive ketones (excluding diaryl/α,β-unsaturated/α-hetero) is 1. The highest BCUT2D eigenvalue weighted by atomic mass is 35.5. The van der Waals surface area contributed by atoms with Gasteiger partial charge in [-0.05, 0) is 24.6 Å². The van der Waals surface area contributed by atoms with E-state index in [-0.39, 0.29) is 11.7 Å². The van der Waals surface area contributed by atoms with Gasteiger partial charge in [-0.3, -0.25) is 9.59 Å². The van der Waals surface area contributed by atoms with E-state index < -0.39 is 0 Å². The molecule has 3 nitrogen and oxygen atoms in total. The zero-order valence-corrected chi connectivity index (χ0v) is 12.4. The Kier molecular flexibility index (Phi) is 3.36. The maximum Gasteiger partial charge on any atom is 0.258 e. The summed E-state index contributed by atoms with van der Waals surface area (Å²) in [4.78, 5) is 26.8. The molecule has 2 heterocycles. The Balaban J connectivity index is 2.04. The van der Waals surface area contributed by atoms with Gasteiger partial charge >= 0.3 is 0 Å². The zero-order chi connectivity index (χ0) is 14.3. The van der Waals surface area contributed by atoms with Crippen molar-refractivity contribution in [1.82, 2.24) is 0 Å².